The third-order valence-corrected chi connectivity index (χ3v) is 3.82. The largest absolute Gasteiger partial charge is 0.484 e. The van der Waals surface area contributed by atoms with E-state index in [-0.39, 0.29) is 24.2 Å². The first-order valence-electron chi connectivity index (χ1n) is 8.47. The van der Waals surface area contributed by atoms with Crippen molar-refractivity contribution < 1.29 is 19.2 Å². The summed E-state index contributed by atoms with van der Waals surface area (Å²) < 4.78 is 5.31. The lowest BCUT2D eigenvalue weighted by atomic mass is 10.1. The molecule has 0 aliphatic carbocycles. The maximum absolute atomic E-state index is 12.1. The van der Waals surface area contributed by atoms with Crippen LogP contribution in [0.15, 0.2) is 48.5 Å². The van der Waals surface area contributed by atoms with Crippen LogP contribution in [-0.4, -0.2) is 29.4 Å². The number of amides is 2. The second-order valence-electron chi connectivity index (χ2n) is 5.95. The van der Waals surface area contributed by atoms with E-state index in [1.807, 2.05) is 13.8 Å². The Morgan fingerprint density at radius 3 is 2.52 bits per heavy atom. The Labute approximate surface area is 156 Å². The van der Waals surface area contributed by atoms with E-state index in [1.54, 1.807) is 24.3 Å². The van der Waals surface area contributed by atoms with Crippen molar-refractivity contribution >= 4 is 23.2 Å². The highest BCUT2D eigenvalue weighted by Crippen LogP contribution is 2.17. The van der Waals surface area contributed by atoms with Crippen LogP contribution >= 0.6 is 0 Å². The molecule has 142 valence electrons. The Morgan fingerprint density at radius 1 is 1.19 bits per heavy atom. The molecule has 0 bridgehead atoms. The summed E-state index contributed by atoms with van der Waals surface area (Å²) in [6.07, 6.45) is 0.822. The number of non-ortho nitro benzene ring substituents is 1. The van der Waals surface area contributed by atoms with Crippen LogP contribution in [0.2, 0.25) is 0 Å². The van der Waals surface area contributed by atoms with Gasteiger partial charge in [-0.3, -0.25) is 19.7 Å². The maximum Gasteiger partial charge on any atom is 0.269 e. The number of carbonyl (C=O) groups excluding carboxylic acids is 2. The van der Waals surface area contributed by atoms with Gasteiger partial charge in [0, 0.05) is 29.4 Å². The lowest BCUT2D eigenvalue weighted by Crippen LogP contribution is -2.32. The van der Waals surface area contributed by atoms with Crippen LogP contribution in [-0.2, 0) is 4.79 Å². The van der Waals surface area contributed by atoms with Gasteiger partial charge in [0.05, 0.1) is 4.92 Å². The van der Waals surface area contributed by atoms with Gasteiger partial charge >= 0.3 is 0 Å². The average molecular weight is 371 g/mol. The first-order chi connectivity index (χ1) is 12.9. The van der Waals surface area contributed by atoms with E-state index < -0.39 is 10.8 Å². The molecule has 8 heteroatoms. The fraction of sp³-hybridized carbons (Fsp3) is 0.263. The second kappa shape index (κ2) is 9.33. The summed E-state index contributed by atoms with van der Waals surface area (Å²) in [6, 6.07) is 12.1. The Hall–Kier alpha value is -3.42. The summed E-state index contributed by atoms with van der Waals surface area (Å²) in [7, 11) is 0. The SMILES string of the molecule is CCC(C)NC(=O)c1cccc(NC(=O)COc2ccc([N+](=O)[O-])cc2)c1. The van der Waals surface area contributed by atoms with Crippen LogP contribution in [0.1, 0.15) is 30.6 Å². The summed E-state index contributed by atoms with van der Waals surface area (Å²) in [5.41, 5.74) is 0.868. The smallest absolute Gasteiger partial charge is 0.269 e. The van der Waals surface area contributed by atoms with Gasteiger partial charge < -0.3 is 15.4 Å². The van der Waals surface area contributed by atoms with E-state index in [9.17, 15) is 19.7 Å². The predicted molar refractivity (Wildman–Crippen MR) is 101 cm³/mol. The van der Waals surface area contributed by atoms with Gasteiger partial charge in [-0.05, 0) is 43.7 Å². The molecule has 0 saturated heterocycles. The molecule has 0 aromatic heterocycles. The molecule has 0 radical (unpaired) electrons. The molecule has 2 aromatic carbocycles. The minimum atomic E-state index is -0.513. The van der Waals surface area contributed by atoms with E-state index in [0.29, 0.717) is 17.0 Å². The third-order valence-electron chi connectivity index (χ3n) is 3.82. The zero-order valence-electron chi connectivity index (χ0n) is 15.1. The Morgan fingerprint density at radius 2 is 1.89 bits per heavy atom. The highest BCUT2D eigenvalue weighted by Gasteiger charge is 2.11. The zero-order chi connectivity index (χ0) is 19.8. The number of carbonyl (C=O) groups is 2. The van der Waals surface area contributed by atoms with E-state index in [2.05, 4.69) is 10.6 Å². The molecular weight excluding hydrogens is 350 g/mol. The fourth-order valence-electron chi connectivity index (χ4n) is 2.16. The summed E-state index contributed by atoms with van der Waals surface area (Å²) in [5.74, 6) is -0.271. The second-order valence-corrected chi connectivity index (χ2v) is 5.95. The van der Waals surface area contributed by atoms with Gasteiger partial charge in [-0.1, -0.05) is 13.0 Å². The minimum Gasteiger partial charge on any atom is -0.484 e. The van der Waals surface area contributed by atoms with E-state index >= 15 is 0 Å². The van der Waals surface area contributed by atoms with Gasteiger partial charge in [0.15, 0.2) is 6.61 Å². The van der Waals surface area contributed by atoms with Crippen LogP contribution in [0, 0.1) is 10.1 Å². The molecule has 0 saturated carbocycles. The van der Waals surface area contributed by atoms with Crippen LogP contribution in [0.3, 0.4) is 0 Å². The standard InChI is InChI=1S/C19H21N3O5/c1-3-13(2)20-19(24)14-5-4-6-15(11-14)21-18(23)12-27-17-9-7-16(8-10-17)22(25)26/h4-11,13H,3,12H2,1-2H3,(H,20,24)(H,21,23). The fourth-order valence-corrected chi connectivity index (χ4v) is 2.16. The number of nitrogens with zero attached hydrogens (tertiary/aromatic N) is 1. The van der Waals surface area contributed by atoms with Crippen molar-refractivity contribution in [2.24, 2.45) is 0 Å². The van der Waals surface area contributed by atoms with Crippen molar-refractivity contribution in [2.45, 2.75) is 26.3 Å². The molecule has 27 heavy (non-hydrogen) atoms. The molecule has 0 fully saturated rings. The van der Waals surface area contributed by atoms with Gasteiger partial charge in [0.25, 0.3) is 17.5 Å². The first-order valence-corrected chi connectivity index (χ1v) is 8.47. The van der Waals surface area contributed by atoms with Crippen LogP contribution in [0.4, 0.5) is 11.4 Å². The molecule has 2 N–H and O–H groups in total. The van der Waals surface area contributed by atoms with E-state index in [0.717, 1.165) is 6.42 Å². The number of rotatable bonds is 8. The predicted octanol–water partition coefficient (Wildman–Crippen LogP) is 3.14. The number of benzene rings is 2. The van der Waals surface area contributed by atoms with Gasteiger partial charge in [-0.25, -0.2) is 0 Å². The van der Waals surface area contributed by atoms with Crippen LogP contribution in [0.25, 0.3) is 0 Å². The highest BCUT2D eigenvalue weighted by molar-refractivity contribution is 5.97. The third kappa shape index (κ3) is 6.10. The molecule has 1 atom stereocenters. The van der Waals surface area contributed by atoms with Crippen molar-refractivity contribution in [3.05, 3.63) is 64.2 Å². The summed E-state index contributed by atoms with van der Waals surface area (Å²) in [6.45, 7) is 3.63. The number of nitro groups is 1. The normalized spacial score (nSPS) is 11.3. The van der Waals surface area contributed by atoms with Gasteiger partial charge in [0.1, 0.15) is 5.75 Å². The molecule has 2 rings (SSSR count). The Bertz CT molecular complexity index is 820. The van der Waals surface area contributed by atoms with Gasteiger partial charge in [-0.15, -0.1) is 0 Å². The maximum atomic E-state index is 12.1. The van der Waals surface area contributed by atoms with Gasteiger partial charge in [-0.2, -0.15) is 0 Å². The topological polar surface area (TPSA) is 111 Å². The number of nitrogens with one attached hydrogen (secondary N) is 2. The van der Waals surface area contributed by atoms with Crippen molar-refractivity contribution in [1.29, 1.82) is 0 Å². The minimum absolute atomic E-state index is 0.0562. The van der Waals surface area contributed by atoms with E-state index in [4.69, 9.17) is 4.74 Å². The van der Waals surface area contributed by atoms with Crippen molar-refractivity contribution in [3.63, 3.8) is 0 Å². The molecule has 0 heterocycles. The molecule has 0 aliphatic heterocycles. The average Bonchev–Trinajstić information content (AvgIpc) is 2.66. The van der Waals surface area contributed by atoms with Crippen molar-refractivity contribution in [2.75, 3.05) is 11.9 Å². The molecule has 2 aromatic rings. The number of ether oxygens (including phenoxy) is 1. The summed E-state index contributed by atoms with van der Waals surface area (Å²) in [5, 5.41) is 16.1. The first kappa shape index (κ1) is 19.9. The molecule has 1 unspecified atom stereocenters. The number of anilines is 1. The van der Waals surface area contributed by atoms with Crippen molar-refractivity contribution in [1.82, 2.24) is 5.32 Å². The Kier molecular flexibility index (Phi) is 6.87. The highest BCUT2D eigenvalue weighted by atomic mass is 16.6. The quantitative estimate of drug-likeness (QED) is 0.547. The van der Waals surface area contributed by atoms with Crippen molar-refractivity contribution in [3.8, 4) is 5.75 Å². The number of hydrogen-bond donors (Lipinski definition) is 2. The lowest BCUT2D eigenvalue weighted by molar-refractivity contribution is -0.384. The monoisotopic (exact) mass is 371 g/mol. The number of nitro benzene ring substituents is 1. The summed E-state index contributed by atoms with van der Waals surface area (Å²) in [4.78, 5) is 34.3. The van der Waals surface area contributed by atoms with Gasteiger partial charge in [0.2, 0.25) is 0 Å². The molecule has 0 spiro atoms. The molecule has 0 aliphatic rings. The Balaban J connectivity index is 1.90. The summed E-state index contributed by atoms with van der Waals surface area (Å²) >= 11 is 0. The number of hydrogen-bond acceptors (Lipinski definition) is 5. The van der Waals surface area contributed by atoms with Crippen LogP contribution in [0.5, 0.6) is 5.75 Å². The van der Waals surface area contributed by atoms with E-state index in [1.165, 1.54) is 24.3 Å². The lowest BCUT2D eigenvalue weighted by Gasteiger charge is -2.12. The van der Waals surface area contributed by atoms with Crippen LogP contribution < -0.4 is 15.4 Å². The molecular formula is C19H21N3O5. The molecule has 2 amide bonds. The zero-order valence-corrected chi connectivity index (χ0v) is 15.1. The molecule has 8 nitrogen and oxygen atoms in total.